The van der Waals surface area contributed by atoms with Gasteiger partial charge in [-0.1, -0.05) is 6.07 Å². The van der Waals surface area contributed by atoms with E-state index in [4.69, 9.17) is 14.3 Å². The summed E-state index contributed by atoms with van der Waals surface area (Å²) in [4.78, 5) is 23.7. The number of carbonyl (C=O) groups is 1. The van der Waals surface area contributed by atoms with Gasteiger partial charge in [-0.25, -0.2) is 0 Å². The van der Waals surface area contributed by atoms with Crippen molar-refractivity contribution >= 4 is 16.8 Å². The molecule has 1 atom stereocenters. The van der Waals surface area contributed by atoms with Crippen LogP contribution in [0.2, 0.25) is 0 Å². The standard InChI is InChI=1S/C12H8O6/c13-4-5(14)9(15)11-12-10(16)8-6(17-11)2-1-3-7(8)18-12/h1-3,5,13-14H,4H2. The normalized spacial score (nSPS) is 13.9. The Bertz CT molecular complexity index is 714. The molecule has 2 N–H and O–H groups in total. The number of ether oxygens (including phenoxy) is 1. The van der Waals surface area contributed by atoms with Crippen molar-refractivity contribution in [3.8, 4) is 11.5 Å². The van der Waals surface area contributed by atoms with Crippen molar-refractivity contribution in [2.24, 2.45) is 0 Å². The van der Waals surface area contributed by atoms with E-state index in [1.165, 1.54) is 6.07 Å². The maximum absolute atomic E-state index is 11.9. The second-order valence-corrected chi connectivity index (χ2v) is 3.88. The molecule has 0 saturated heterocycles. The first-order valence-electron chi connectivity index (χ1n) is 5.24. The molecular formula is C12H8O6. The van der Waals surface area contributed by atoms with Crippen LogP contribution in [-0.4, -0.2) is 28.7 Å². The summed E-state index contributed by atoms with van der Waals surface area (Å²) in [5, 5.41) is 18.3. The first-order valence-corrected chi connectivity index (χ1v) is 5.24. The van der Waals surface area contributed by atoms with Crippen molar-refractivity contribution < 1.29 is 24.2 Å². The van der Waals surface area contributed by atoms with Gasteiger partial charge in [-0.2, -0.15) is 0 Å². The van der Waals surface area contributed by atoms with Crippen molar-refractivity contribution in [2.75, 3.05) is 6.61 Å². The molecule has 2 bridgehead atoms. The lowest BCUT2D eigenvalue weighted by atomic mass is 10.1. The van der Waals surface area contributed by atoms with Gasteiger partial charge in [0, 0.05) is 0 Å². The number of carbonyl (C=O) groups excluding carboxylic acids is 1. The molecule has 0 aliphatic carbocycles. The van der Waals surface area contributed by atoms with Crippen molar-refractivity contribution in [1.82, 2.24) is 0 Å². The summed E-state index contributed by atoms with van der Waals surface area (Å²) < 4.78 is 10.5. The fourth-order valence-electron chi connectivity index (χ4n) is 1.88. The maximum Gasteiger partial charge on any atom is 0.239 e. The van der Waals surface area contributed by atoms with E-state index in [0.717, 1.165) is 0 Å². The predicted molar refractivity (Wildman–Crippen MR) is 60.0 cm³/mol. The molecule has 0 spiro atoms. The largest absolute Gasteiger partial charge is 0.448 e. The molecule has 1 aliphatic rings. The summed E-state index contributed by atoms with van der Waals surface area (Å²) in [6.07, 6.45) is -1.63. The monoisotopic (exact) mass is 248 g/mol. The molecule has 1 aromatic carbocycles. The summed E-state index contributed by atoms with van der Waals surface area (Å²) in [5.74, 6) is -1.15. The smallest absolute Gasteiger partial charge is 0.239 e. The predicted octanol–water partition coefficient (Wildman–Crippen LogP) is 0.435. The van der Waals surface area contributed by atoms with Crippen LogP contribution in [0.15, 0.2) is 27.4 Å². The molecule has 2 heterocycles. The summed E-state index contributed by atoms with van der Waals surface area (Å²) in [5.41, 5.74) is -0.229. The SMILES string of the molecule is O=C(c1oc2cccc3c2c(=O)c1O3)C(O)CO. The molecule has 1 aromatic heterocycles. The van der Waals surface area contributed by atoms with Crippen LogP contribution in [0.5, 0.6) is 11.5 Å². The van der Waals surface area contributed by atoms with Crippen LogP contribution in [0.1, 0.15) is 10.6 Å². The van der Waals surface area contributed by atoms with Gasteiger partial charge in [0.05, 0.1) is 6.61 Å². The molecule has 0 saturated carbocycles. The number of Topliss-reactive ketones (excluding diaryl/α,β-unsaturated/α-hetero) is 1. The Morgan fingerprint density at radius 1 is 1.39 bits per heavy atom. The van der Waals surface area contributed by atoms with Gasteiger partial charge in [-0.05, 0) is 12.1 Å². The molecule has 6 nitrogen and oxygen atoms in total. The van der Waals surface area contributed by atoms with Crippen LogP contribution >= 0.6 is 0 Å². The summed E-state index contributed by atoms with van der Waals surface area (Å²) in [7, 11) is 0. The minimum Gasteiger partial charge on any atom is -0.448 e. The molecule has 0 amide bonds. The molecule has 0 fully saturated rings. The quantitative estimate of drug-likeness (QED) is 0.652. The lowest BCUT2D eigenvalue weighted by Crippen LogP contribution is -2.25. The van der Waals surface area contributed by atoms with E-state index in [2.05, 4.69) is 0 Å². The lowest BCUT2D eigenvalue weighted by molar-refractivity contribution is 0.0558. The fraction of sp³-hybridized carbons (Fsp3) is 0.167. The second-order valence-electron chi connectivity index (χ2n) is 3.88. The molecule has 92 valence electrons. The van der Waals surface area contributed by atoms with E-state index in [0.29, 0.717) is 5.75 Å². The fourth-order valence-corrected chi connectivity index (χ4v) is 1.88. The van der Waals surface area contributed by atoms with E-state index < -0.39 is 23.9 Å². The number of rotatable bonds is 3. The number of benzene rings is 1. The van der Waals surface area contributed by atoms with Crippen molar-refractivity contribution in [3.05, 3.63) is 34.2 Å². The Kier molecular flexibility index (Phi) is 2.22. The molecule has 0 radical (unpaired) electrons. The van der Waals surface area contributed by atoms with Crippen molar-refractivity contribution in [3.63, 3.8) is 0 Å². The third kappa shape index (κ3) is 1.30. The minimum absolute atomic E-state index is 0.215. The van der Waals surface area contributed by atoms with Crippen LogP contribution in [-0.2, 0) is 0 Å². The third-order valence-corrected chi connectivity index (χ3v) is 2.75. The van der Waals surface area contributed by atoms with Crippen molar-refractivity contribution in [1.29, 1.82) is 0 Å². The Labute approximate surface area is 100 Å². The Balaban J connectivity index is 2.27. The number of ketones is 1. The van der Waals surface area contributed by atoms with E-state index in [9.17, 15) is 14.7 Å². The van der Waals surface area contributed by atoms with Crippen LogP contribution in [0.25, 0.3) is 11.0 Å². The molecule has 1 unspecified atom stereocenters. The summed E-state index contributed by atoms with van der Waals surface area (Å²) >= 11 is 0. The first kappa shape index (κ1) is 10.9. The molecule has 18 heavy (non-hydrogen) atoms. The zero-order chi connectivity index (χ0) is 12.9. The number of aliphatic hydroxyl groups is 2. The Hall–Kier alpha value is -2.18. The van der Waals surface area contributed by atoms with Gasteiger partial charge in [-0.3, -0.25) is 9.59 Å². The average molecular weight is 248 g/mol. The van der Waals surface area contributed by atoms with Gasteiger partial charge in [0.1, 0.15) is 22.8 Å². The Morgan fingerprint density at radius 2 is 2.17 bits per heavy atom. The van der Waals surface area contributed by atoms with Gasteiger partial charge in [0.25, 0.3) is 0 Å². The highest BCUT2D eigenvalue weighted by Gasteiger charge is 2.31. The van der Waals surface area contributed by atoms with Crippen LogP contribution in [0.3, 0.4) is 0 Å². The highest BCUT2D eigenvalue weighted by Crippen LogP contribution is 2.36. The maximum atomic E-state index is 11.9. The highest BCUT2D eigenvalue weighted by molar-refractivity contribution is 6.02. The van der Waals surface area contributed by atoms with Crippen molar-refractivity contribution in [2.45, 2.75) is 6.10 Å². The first-order chi connectivity index (χ1) is 8.63. The van der Waals surface area contributed by atoms with E-state index >= 15 is 0 Å². The minimum atomic E-state index is -1.63. The van der Waals surface area contributed by atoms with Crippen LogP contribution in [0.4, 0.5) is 0 Å². The van der Waals surface area contributed by atoms with Gasteiger partial charge in [0.15, 0.2) is 0 Å². The number of hydrogen-bond acceptors (Lipinski definition) is 6. The lowest BCUT2D eigenvalue weighted by Gasteiger charge is -2.06. The molecule has 3 rings (SSSR count). The number of hydrogen-bond donors (Lipinski definition) is 2. The average Bonchev–Trinajstić information content (AvgIpc) is 2.67. The zero-order valence-corrected chi connectivity index (χ0v) is 9.04. The topological polar surface area (TPSA) is 97.0 Å². The molecule has 6 heteroatoms. The molecule has 2 aromatic rings. The van der Waals surface area contributed by atoms with E-state index in [-0.39, 0.29) is 22.5 Å². The summed E-state index contributed by atoms with van der Waals surface area (Å²) in [6.45, 7) is -0.752. The van der Waals surface area contributed by atoms with Gasteiger partial charge >= 0.3 is 0 Å². The van der Waals surface area contributed by atoms with Crippen LogP contribution in [0, 0.1) is 0 Å². The zero-order valence-electron chi connectivity index (χ0n) is 9.04. The highest BCUT2D eigenvalue weighted by atomic mass is 16.5. The van der Waals surface area contributed by atoms with Gasteiger partial charge in [-0.15, -0.1) is 0 Å². The number of fused-ring (bicyclic) bond motifs is 1. The second kappa shape index (κ2) is 3.66. The van der Waals surface area contributed by atoms with E-state index in [1.54, 1.807) is 12.1 Å². The van der Waals surface area contributed by atoms with Gasteiger partial charge < -0.3 is 19.4 Å². The Morgan fingerprint density at radius 3 is 2.89 bits per heavy atom. The molecular weight excluding hydrogens is 240 g/mol. The third-order valence-electron chi connectivity index (χ3n) is 2.75. The van der Waals surface area contributed by atoms with Gasteiger partial charge in [0.2, 0.25) is 22.7 Å². The number of aliphatic hydroxyl groups excluding tert-OH is 2. The summed E-state index contributed by atoms with van der Waals surface area (Å²) in [6, 6.07) is 4.74. The van der Waals surface area contributed by atoms with Crippen LogP contribution < -0.4 is 10.2 Å². The molecule has 1 aliphatic heterocycles. The van der Waals surface area contributed by atoms with E-state index in [1.807, 2.05) is 0 Å².